The van der Waals surface area contributed by atoms with Crippen LogP contribution in [0.25, 0.3) is 0 Å². The van der Waals surface area contributed by atoms with Crippen LogP contribution in [-0.2, 0) is 13.0 Å². The molecule has 0 saturated carbocycles. The Morgan fingerprint density at radius 1 is 1.22 bits per heavy atom. The van der Waals surface area contributed by atoms with Crippen molar-refractivity contribution in [2.24, 2.45) is 0 Å². The Kier molecular flexibility index (Phi) is 4.47. The molecule has 4 nitrogen and oxygen atoms in total. The predicted molar refractivity (Wildman–Crippen MR) is 72.3 cm³/mol. The molecular weight excluding hydrogens is 224 g/mol. The molecule has 0 aliphatic rings. The summed E-state index contributed by atoms with van der Waals surface area (Å²) in [6.45, 7) is 6.12. The van der Waals surface area contributed by atoms with Gasteiger partial charge in [-0.15, -0.1) is 0 Å². The third-order valence-electron chi connectivity index (χ3n) is 2.99. The van der Waals surface area contributed by atoms with Crippen LogP contribution < -0.4 is 5.32 Å². The molecule has 1 unspecified atom stereocenters. The van der Waals surface area contributed by atoms with Crippen LogP contribution in [0.3, 0.4) is 0 Å². The number of rotatable bonds is 6. The third kappa shape index (κ3) is 2.96. The van der Waals surface area contributed by atoms with Gasteiger partial charge in [-0.05, 0) is 25.6 Å². The van der Waals surface area contributed by atoms with E-state index in [1.165, 1.54) is 0 Å². The van der Waals surface area contributed by atoms with Crippen LogP contribution in [0.1, 0.15) is 31.4 Å². The quantitative estimate of drug-likeness (QED) is 0.847. The van der Waals surface area contributed by atoms with Crippen molar-refractivity contribution in [3.8, 4) is 0 Å². The third-order valence-corrected chi connectivity index (χ3v) is 2.99. The van der Waals surface area contributed by atoms with Gasteiger partial charge in [0.1, 0.15) is 5.82 Å². The summed E-state index contributed by atoms with van der Waals surface area (Å²) in [7, 11) is 0. The SMILES string of the molecule is CCNC(Cc1ccccn1)c1nccn1CC. The second kappa shape index (κ2) is 6.31. The Labute approximate surface area is 108 Å². The zero-order chi connectivity index (χ0) is 12.8. The van der Waals surface area contributed by atoms with Crippen molar-refractivity contribution in [1.29, 1.82) is 0 Å². The lowest BCUT2D eigenvalue weighted by Gasteiger charge is -2.18. The van der Waals surface area contributed by atoms with E-state index in [1.807, 2.05) is 30.7 Å². The first-order valence-corrected chi connectivity index (χ1v) is 6.49. The second-order valence-electron chi connectivity index (χ2n) is 4.21. The zero-order valence-electron chi connectivity index (χ0n) is 11.0. The lowest BCUT2D eigenvalue weighted by Crippen LogP contribution is -2.26. The molecule has 1 atom stereocenters. The molecule has 2 aromatic rings. The summed E-state index contributed by atoms with van der Waals surface area (Å²) in [4.78, 5) is 8.86. The number of likely N-dealkylation sites (N-methyl/N-ethyl adjacent to an activating group) is 1. The van der Waals surface area contributed by atoms with E-state index in [4.69, 9.17) is 0 Å². The number of aryl methyl sites for hydroxylation is 1. The lowest BCUT2D eigenvalue weighted by molar-refractivity contribution is 0.491. The zero-order valence-corrected chi connectivity index (χ0v) is 11.0. The normalized spacial score (nSPS) is 12.6. The van der Waals surface area contributed by atoms with E-state index >= 15 is 0 Å². The molecule has 0 amide bonds. The van der Waals surface area contributed by atoms with E-state index in [-0.39, 0.29) is 6.04 Å². The summed E-state index contributed by atoms with van der Waals surface area (Å²) >= 11 is 0. The minimum absolute atomic E-state index is 0.222. The maximum atomic E-state index is 4.47. The summed E-state index contributed by atoms with van der Waals surface area (Å²) in [5.41, 5.74) is 1.09. The fourth-order valence-electron chi connectivity index (χ4n) is 2.13. The van der Waals surface area contributed by atoms with Crippen molar-refractivity contribution in [2.75, 3.05) is 6.54 Å². The molecule has 0 aromatic carbocycles. The predicted octanol–water partition coefficient (Wildman–Crippen LogP) is 2.19. The summed E-state index contributed by atoms with van der Waals surface area (Å²) in [5, 5.41) is 3.48. The number of hydrogen-bond donors (Lipinski definition) is 1. The highest BCUT2D eigenvalue weighted by atomic mass is 15.1. The van der Waals surface area contributed by atoms with Crippen molar-refractivity contribution in [2.45, 2.75) is 32.9 Å². The molecule has 0 radical (unpaired) electrons. The molecule has 2 heterocycles. The molecular formula is C14H20N4. The van der Waals surface area contributed by atoms with E-state index in [0.717, 1.165) is 31.0 Å². The molecule has 2 aromatic heterocycles. The first-order valence-electron chi connectivity index (χ1n) is 6.49. The van der Waals surface area contributed by atoms with Gasteiger partial charge < -0.3 is 9.88 Å². The number of pyridine rings is 1. The average molecular weight is 244 g/mol. The van der Waals surface area contributed by atoms with Gasteiger partial charge in [0.2, 0.25) is 0 Å². The van der Waals surface area contributed by atoms with E-state index in [0.29, 0.717) is 0 Å². The smallest absolute Gasteiger partial charge is 0.126 e. The number of hydrogen-bond acceptors (Lipinski definition) is 3. The van der Waals surface area contributed by atoms with Crippen molar-refractivity contribution < 1.29 is 0 Å². The van der Waals surface area contributed by atoms with Gasteiger partial charge in [-0.3, -0.25) is 4.98 Å². The summed E-state index contributed by atoms with van der Waals surface area (Å²) < 4.78 is 2.18. The highest BCUT2D eigenvalue weighted by Gasteiger charge is 2.16. The highest BCUT2D eigenvalue weighted by Crippen LogP contribution is 2.15. The Morgan fingerprint density at radius 3 is 2.78 bits per heavy atom. The molecule has 0 aliphatic heterocycles. The second-order valence-corrected chi connectivity index (χ2v) is 4.21. The molecule has 0 spiro atoms. The summed E-state index contributed by atoms with van der Waals surface area (Å²) in [6.07, 6.45) is 6.59. The standard InChI is InChI=1S/C14H20N4/c1-3-15-13(11-12-7-5-6-8-16-12)14-17-9-10-18(14)4-2/h5-10,13,15H,3-4,11H2,1-2H3. The molecule has 0 fully saturated rings. The Morgan fingerprint density at radius 2 is 2.11 bits per heavy atom. The van der Waals surface area contributed by atoms with Gasteiger partial charge >= 0.3 is 0 Å². The molecule has 0 aliphatic carbocycles. The van der Waals surface area contributed by atoms with Crippen molar-refractivity contribution in [1.82, 2.24) is 19.9 Å². The van der Waals surface area contributed by atoms with Crippen LogP contribution >= 0.6 is 0 Å². The topological polar surface area (TPSA) is 42.7 Å². The fraction of sp³-hybridized carbons (Fsp3) is 0.429. The van der Waals surface area contributed by atoms with Crippen LogP contribution in [0.5, 0.6) is 0 Å². The number of aromatic nitrogens is 3. The summed E-state index contributed by atoms with van der Waals surface area (Å²) in [6, 6.07) is 6.25. The molecule has 18 heavy (non-hydrogen) atoms. The van der Waals surface area contributed by atoms with Crippen molar-refractivity contribution >= 4 is 0 Å². The van der Waals surface area contributed by atoms with E-state index in [1.54, 1.807) is 0 Å². The van der Waals surface area contributed by atoms with Gasteiger partial charge in [0.25, 0.3) is 0 Å². The summed E-state index contributed by atoms with van der Waals surface area (Å²) in [5.74, 6) is 1.09. The molecule has 2 rings (SSSR count). The van der Waals surface area contributed by atoms with Gasteiger partial charge in [0.05, 0.1) is 6.04 Å². The van der Waals surface area contributed by atoms with E-state index in [9.17, 15) is 0 Å². The van der Waals surface area contributed by atoms with Gasteiger partial charge in [0, 0.05) is 37.3 Å². The van der Waals surface area contributed by atoms with Crippen LogP contribution in [0.2, 0.25) is 0 Å². The van der Waals surface area contributed by atoms with Crippen LogP contribution in [0.15, 0.2) is 36.8 Å². The Balaban J connectivity index is 2.18. The first-order chi connectivity index (χ1) is 8.85. The molecule has 0 bridgehead atoms. The number of nitrogens with one attached hydrogen (secondary N) is 1. The Bertz CT molecular complexity index is 464. The van der Waals surface area contributed by atoms with Crippen LogP contribution in [0, 0.1) is 0 Å². The number of nitrogens with zero attached hydrogens (tertiary/aromatic N) is 3. The van der Waals surface area contributed by atoms with Crippen molar-refractivity contribution in [3.63, 3.8) is 0 Å². The monoisotopic (exact) mass is 244 g/mol. The lowest BCUT2D eigenvalue weighted by atomic mass is 10.1. The maximum Gasteiger partial charge on any atom is 0.126 e. The Hall–Kier alpha value is -1.68. The van der Waals surface area contributed by atoms with E-state index in [2.05, 4.69) is 39.8 Å². The van der Waals surface area contributed by atoms with Gasteiger partial charge in [-0.2, -0.15) is 0 Å². The molecule has 96 valence electrons. The highest BCUT2D eigenvalue weighted by molar-refractivity contribution is 5.09. The average Bonchev–Trinajstić information content (AvgIpc) is 2.87. The molecule has 1 N–H and O–H groups in total. The van der Waals surface area contributed by atoms with E-state index < -0.39 is 0 Å². The fourth-order valence-corrected chi connectivity index (χ4v) is 2.13. The van der Waals surface area contributed by atoms with Gasteiger partial charge in [0.15, 0.2) is 0 Å². The molecule has 0 saturated heterocycles. The van der Waals surface area contributed by atoms with Crippen LogP contribution in [0.4, 0.5) is 0 Å². The largest absolute Gasteiger partial charge is 0.334 e. The number of imidazole rings is 1. The van der Waals surface area contributed by atoms with Gasteiger partial charge in [-0.1, -0.05) is 13.0 Å². The minimum Gasteiger partial charge on any atom is -0.334 e. The molecule has 4 heteroatoms. The maximum absolute atomic E-state index is 4.47. The van der Waals surface area contributed by atoms with Gasteiger partial charge in [-0.25, -0.2) is 4.98 Å². The van der Waals surface area contributed by atoms with Crippen LogP contribution in [-0.4, -0.2) is 21.1 Å². The first kappa shape index (κ1) is 12.8. The van der Waals surface area contributed by atoms with Crippen molar-refractivity contribution in [3.05, 3.63) is 48.3 Å². The minimum atomic E-state index is 0.222.